The molecular formula is C27H30O. The predicted molar refractivity (Wildman–Crippen MR) is 114 cm³/mol. The lowest BCUT2D eigenvalue weighted by Gasteiger charge is -2.30. The highest BCUT2D eigenvalue weighted by Gasteiger charge is 2.42. The molecule has 1 nitrogen and oxygen atoms in total. The molecule has 0 N–H and O–H groups in total. The van der Waals surface area contributed by atoms with Gasteiger partial charge in [0.15, 0.2) is 5.78 Å². The molecule has 0 spiro atoms. The van der Waals surface area contributed by atoms with Crippen LogP contribution in [0.1, 0.15) is 80.4 Å². The number of benzene rings is 1. The SMILES string of the molecule is O=C1C2=C(CC[C@@H]1CC1C=CC=C1CC1CCC1)C1CCCc3cccc2c31. The average molecular weight is 371 g/mol. The maximum absolute atomic E-state index is 13.6. The first kappa shape index (κ1) is 17.0. The maximum atomic E-state index is 13.6. The van der Waals surface area contributed by atoms with Crippen molar-refractivity contribution in [3.63, 3.8) is 0 Å². The topological polar surface area (TPSA) is 17.1 Å². The fourth-order valence-corrected chi connectivity index (χ4v) is 6.62. The number of ketones is 1. The van der Waals surface area contributed by atoms with Crippen LogP contribution in [0.3, 0.4) is 0 Å². The fraction of sp³-hybridized carbons (Fsp3) is 0.519. The minimum atomic E-state index is 0.215. The van der Waals surface area contributed by atoms with E-state index in [0.29, 0.717) is 17.6 Å². The van der Waals surface area contributed by atoms with Gasteiger partial charge in [0.2, 0.25) is 0 Å². The van der Waals surface area contributed by atoms with Crippen LogP contribution < -0.4 is 0 Å². The molecule has 3 atom stereocenters. The highest BCUT2D eigenvalue weighted by molar-refractivity contribution is 6.25. The Labute approximate surface area is 168 Å². The standard InChI is InChI=1S/C27H30O/c28-27-21(16-20-10-2-9-19(20)15-17-5-1-6-17)13-14-23-22-11-3-7-18-8-4-12-24(25(18)22)26(23)27/h2,4,8-10,12,17,20-22H,1,3,5-7,11,13-16H2/t20?,21-,22?/m1/s1. The van der Waals surface area contributed by atoms with Gasteiger partial charge in [-0.3, -0.25) is 4.79 Å². The summed E-state index contributed by atoms with van der Waals surface area (Å²) >= 11 is 0. The van der Waals surface area contributed by atoms with Gasteiger partial charge in [0, 0.05) is 17.4 Å². The lowest BCUT2D eigenvalue weighted by Crippen LogP contribution is -2.24. The summed E-state index contributed by atoms with van der Waals surface area (Å²) in [5.74, 6) is 2.66. The largest absolute Gasteiger partial charge is 0.294 e. The van der Waals surface area contributed by atoms with Crippen molar-refractivity contribution >= 4 is 11.4 Å². The zero-order valence-electron chi connectivity index (χ0n) is 16.8. The molecule has 0 heterocycles. The molecule has 2 unspecified atom stereocenters. The number of carbonyl (C=O) groups excluding carboxylic acids is 1. The molecule has 0 bridgehead atoms. The maximum Gasteiger partial charge on any atom is 0.166 e. The van der Waals surface area contributed by atoms with Gasteiger partial charge in [0.1, 0.15) is 0 Å². The van der Waals surface area contributed by atoms with Crippen molar-refractivity contribution in [2.75, 3.05) is 0 Å². The van der Waals surface area contributed by atoms with E-state index in [4.69, 9.17) is 0 Å². The smallest absolute Gasteiger partial charge is 0.166 e. The van der Waals surface area contributed by atoms with E-state index >= 15 is 0 Å². The van der Waals surface area contributed by atoms with E-state index in [1.54, 1.807) is 5.57 Å². The third-order valence-corrected chi connectivity index (χ3v) is 8.29. The fourth-order valence-electron chi connectivity index (χ4n) is 6.62. The molecule has 6 rings (SSSR count). The van der Waals surface area contributed by atoms with E-state index < -0.39 is 0 Å². The van der Waals surface area contributed by atoms with Gasteiger partial charge in [-0.05, 0) is 73.5 Å². The van der Waals surface area contributed by atoms with E-state index in [0.717, 1.165) is 30.8 Å². The molecule has 1 saturated carbocycles. The van der Waals surface area contributed by atoms with E-state index in [2.05, 4.69) is 36.4 Å². The molecule has 0 aliphatic heterocycles. The Morgan fingerprint density at radius 2 is 1.93 bits per heavy atom. The van der Waals surface area contributed by atoms with Gasteiger partial charge in [-0.1, -0.05) is 66.8 Å². The minimum absolute atomic E-state index is 0.215. The third kappa shape index (κ3) is 2.55. The second-order valence-electron chi connectivity index (χ2n) is 9.79. The molecule has 144 valence electrons. The van der Waals surface area contributed by atoms with Crippen LogP contribution in [0.2, 0.25) is 0 Å². The van der Waals surface area contributed by atoms with Gasteiger partial charge in [-0.25, -0.2) is 0 Å². The van der Waals surface area contributed by atoms with E-state index in [-0.39, 0.29) is 5.92 Å². The number of rotatable bonds is 4. The Balaban J connectivity index is 1.25. The molecular weight excluding hydrogens is 340 g/mol. The summed E-state index contributed by atoms with van der Waals surface area (Å²) in [6.45, 7) is 0. The van der Waals surface area contributed by atoms with Crippen molar-refractivity contribution < 1.29 is 4.79 Å². The summed E-state index contributed by atoms with van der Waals surface area (Å²) in [6, 6.07) is 6.71. The van der Waals surface area contributed by atoms with Gasteiger partial charge in [0.05, 0.1) is 0 Å². The molecule has 0 saturated heterocycles. The van der Waals surface area contributed by atoms with Crippen LogP contribution in [0.5, 0.6) is 0 Å². The minimum Gasteiger partial charge on any atom is -0.294 e. The van der Waals surface area contributed by atoms with Crippen molar-refractivity contribution in [2.45, 2.75) is 70.1 Å². The first-order chi connectivity index (χ1) is 13.8. The van der Waals surface area contributed by atoms with Gasteiger partial charge < -0.3 is 0 Å². The zero-order chi connectivity index (χ0) is 18.7. The monoisotopic (exact) mass is 370 g/mol. The molecule has 1 aromatic carbocycles. The number of fused-ring (bicyclic) bond motifs is 2. The normalized spacial score (nSPS) is 30.9. The van der Waals surface area contributed by atoms with Gasteiger partial charge in [0.25, 0.3) is 0 Å². The number of hydrogen-bond donors (Lipinski definition) is 0. The van der Waals surface area contributed by atoms with Crippen molar-refractivity contribution in [1.29, 1.82) is 0 Å². The first-order valence-electron chi connectivity index (χ1n) is 11.6. The van der Waals surface area contributed by atoms with Gasteiger partial charge in [-0.2, -0.15) is 0 Å². The van der Waals surface area contributed by atoms with E-state index in [9.17, 15) is 4.79 Å². The van der Waals surface area contributed by atoms with Crippen LogP contribution >= 0.6 is 0 Å². The highest BCUT2D eigenvalue weighted by Crippen LogP contribution is 2.54. The summed E-state index contributed by atoms with van der Waals surface area (Å²) in [5, 5.41) is 0. The van der Waals surface area contributed by atoms with Crippen molar-refractivity contribution in [1.82, 2.24) is 0 Å². The average Bonchev–Trinajstić information content (AvgIpc) is 3.25. The van der Waals surface area contributed by atoms with Crippen molar-refractivity contribution in [2.24, 2.45) is 17.8 Å². The number of carbonyl (C=O) groups is 1. The van der Waals surface area contributed by atoms with Crippen LogP contribution in [0.4, 0.5) is 0 Å². The number of Topliss-reactive ketones (excluding diaryl/α,β-unsaturated/α-hetero) is 1. The molecule has 5 aliphatic carbocycles. The summed E-state index contributed by atoms with van der Waals surface area (Å²) in [6.07, 6.45) is 19.4. The molecule has 1 fully saturated rings. The Morgan fingerprint density at radius 3 is 2.79 bits per heavy atom. The summed E-state index contributed by atoms with van der Waals surface area (Å²) in [4.78, 5) is 13.6. The lowest BCUT2D eigenvalue weighted by atomic mass is 9.73. The number of aryl methyl sites for hydroxylation is 1. The third-order valence-electron chi connectivity index (χ3n) is 8.29. The van der Waals surface area contributed by atoms with E-state index in [1.807, 2.05) is 0 Å². The van der Waals surface area contributed by atoms with Crippen LogP contribution in [-0.4, -0.2) is 5.78 Å². The van der Waals surface area contributed by atoms with Crippen LogP contribution in [-0.2, 0) is 11.2 Å². The quantitative estimate of drug-likeness (QED) is 0.587. The number of hydrogen-bond acceptors (Lipinski definition) is 1. The second-order valence-corrected chi connectivity index (χ2v) is 9.79. The Hall–Kier alpha value is -1.89. The Morgan fingerprint density at radius 1 is 1.00 bits per heavy atom. The predicted octanol–water partition coefficient (Wildman–Crippen LogP) is 6.55. The summed E-state index contributed by atoms with van der Waals surface area (Å²) < 4.78 is 0. The molecule has 1 heteroatoms. The molecule has 0 amide bonds. The molecule has 1 aromatic rings. The van der Waals surface area contributed by atoms with Crippen LogP contribution in [0, 0.1) is 17.8 Å². The van der Waals surface area contributed by atoms with Crippen LogP contribution in [0.15, 0.2) is 47.6 Å². The van der Waals surface area contributed by atoms with Crippen LogP contribution in [0.25, 0.3) is 5.57 Å². The van der Waals surface area contributed by atoms with Crippen molar-refractivity contribution in [3.8, 4) is 0 Å². The Kier molecular flexibility index (Phi) is 4.00. The number of allylic oxidation sites excluding steroid dienone is 6. The lowest BCUT2D eigenvalue weighted by molar-refractivity contribution is -0.118. The summed E-state index contributed by atoms with van der Waals surface area (Å²) in [7, 11) is 0. The zero-order valence-corrected chi connectivity index (χ0v) is 16.8. The van der Waals surface area contributed by atoms with Crippen molar-refractivity contribution in [3.05, 3.63) is 64.3 Å². The first-order valence-corrected chi connectivity index (χ1v) is 11.6. The van der Waals surface area contributed by atoms with Gasteiger partial charge >= 0.3 is 0 Å². The Bertz CT molecular complexity index is 924. The highest BCUT2D eigenvalue weighted by atomic mass is 16.1. The molecule has 0 radical (unpaired) electrons. The van der Waals surface area contributed by atoms with E-state index in [1.165, 1.54) is 67.2 Å². The molecule has 0 aromatic heterocycles. The second kappa shape index (κ2) is 6.58. The van der Waals surface area contributed by atoms with Gasteiger partial charge in [-0.15, -0.1) is 0 Å². The molecule has 28 heavy (non-hydrogen) atoms. The summed E-state index contributed by atoms with van der Waals surface area (Å²) in [5.41, 5.74) is 8.58. The molecule has 5 aliphatic rings.